The molecule has 0 aliphatic carbocycles. The molecule has 2 aromatic carbocycles. The van der Waals surface area contributed by atoms with Gasteiger partial charge >= 0.3 is 0 Å². The molecule has 0 radical (unpaired) electrons. The molecule has 4 rings (SSSR count). The van der Waals surface area contributed by atoms with Crippen molar-refractivity contribution < 1.29 is 18.8 Å². The zero-order valence-electron chi connectivity index (χ0n) is 16.7. The molecular formula is C24H21N3O4. The van der Waals surface area contributed by atoms with Gasteiger partial charge in [0.1, 0.15) is 11.5 Å². The largest absolute Gasteiger partial charge is 0.465 e. The van der Waals surface area contributed by atoms with E-state index in [1.165, 1.54) is 12.3 Å². The van der Waals surface area contributed by atoms with E-state index in [1.54, 1.807) is 65.6 Å². The fraction of sp³-hybridized carbons (Fsp3) is 0.125. The second kappa shape index (κ2) is 9.13. The Morgan fingerprint density at radius 2 is 1.74 bits per heavy atom. The first-order valence-electron chi connectivity index (χ1n) is 9.93. The topological polar surface area (TPSA) is 91.7 Å². The fourth-order valence-electron chi connectivity index (χ4n) is 3.30. The van der Waals surface area contributed by atoms with Crippen molar-refractivity contribution in [1.29, 1.82) is 0 Å². The predicted molar refractivity (Wildman–Crippen MR) is 117 cm³/mol. The molecule has 1 saturated heterocycles. The number of rotatable bonds is 6. The summed E-state index contributed by atoms with van der Waals surface area (Å²) in [5.74, 6) is -0.368. The van der Waals surface area contributed by atoms with Crippen molar-refractivity contribution in [1.82, 2.24) is 5.32 Å². The molecule has 0 unspecified atom stereocenters. The highest BCUT2D eigenvalue weighted by molar-refractivity contribution is 6.10. The zero-order chi connectivity index (χ0) is 21.6. The smallest absolute Gasteiger partial charge is 0.272 e. The molecule has 7 nitrogen and oxygen atoms in total. The van der Waals surface area contributed by atoms with Crippen LogP contribution in [0.15, 0.2) is 83.1 Å². The van der Waals surface area contributed by atoms with Crippen LogP contribution in [-0.2, 0) is 9.59 Å². The molecule has 31 heavy (non-hydrogen) atoms. The average Bonchev–Trinajstić information content (AvgIpc) is 3.46. The Hall–Kier alpha value is -4.13. The van der Waals surface area contributed by atoms with Crippen molar-refractivity contribution in [3.63, 3.8) is 0 Å². The second-order valence-corrected chi connectivity index (χ2v) is 7.04. The first-order valence-corrected chi connectivity index (χ1v) is 9.93. The van der Waals surface area contributed by atoms with Gasteiger partial charge in [0.2, 0.25) is 5.91 Å². The number of hydrogen-bond acceptors (Lipinski definition) is 4. The first kappa shape index (κ1) is 20.2. The summed E-state index contributed by atoms with van der Waals surface area (Å²) in [6.45, 7) is 0.700. The Bertz CT molecular complexity index is 1100. The number of carbonyl (C=O) groups excluding carboxylic acids is 3. The Morgan fingerprint density at radius 1 is 0.968 bits per heavy atom. The van der Waals surface area contributed by atoms with E-state index in [0.29, 0.717) is 30.0 Å². The minimum atomic E-state index is -0.495. The quantitative estimate of drug-likeness (QED) is 0.599. The number of benzene rings is 2. The van der Waals surface area contributed by atoms with Crippen LogP contribution < -0.4 is 15.5 Å². The monoisotopic (exact) mass is 415 g/mol. The lowest BCUT2D eigenvalue weighted by atomic mass is 10.2. The molecule has 0 bridgehead atoms. The lowest BCUT2D eigenvalue weighted by Gasteiger charge is -2.16. The molecule has 0 atom stereocenters. The van der Waals surface area contributed by atoms with Gasteiger partial charge in [-0.15, -0.1) is 0 Å². The lowest BCUT2D eigenvalue weighted by molar-refractivity contribution is -0.117. The summed E-state index contributed by atoms with van der Waals surface area (Å²) in [5, 5.41) is 5.42. The summed E-state index contributed by atoms with van der Waals surface area (Å²) < 4.78 is 5.29. The number of nitrogens with zero attached hydrogens (tertiary/aromatic N) is 1. The summed E-state index contributed by atoms with van der Waals surface area (Å²) in [4.78, 5) is 39.1. The Kier molecular flexibility index (Phi) is 5.93. The fourth-order valence-corrected chi connectivity index (χ4v) is 3.30. The van der Waals surface area contributed by atoms with Crippen LogP contribution in [0.5, 0.6) is 0 Å². The van der Waals surface area contributed by atoms with Gasteiger partial charge in [0, 0.05) is 36.0 Å². The molecule has 0 spiro atoms. The number of hydrogen-bond donors (Lipinski definition) is 2. The van der Waals surface area contributed by atoms with Crippen LogP contribution in [0.1, 0.15) is 29.0 Å². The number of furan rings is 1. The van der Waals surface area contributed by atoms with Gasteiger partial charge in [0.25, 0.3) is 11.8 Å². The summed E-state index contributed by atoms with van der Waals surface area (Å²) in [6.07, 6.45) is 4.35. The number of amides is 3. The Labute approximate surface area is 179 Å². The maximum atomic E-state index is 12.9. The van der Waals surface area contributed by atoms with Gasteiger partial charge in [-0.3, -0.25) is 14.4 Å². The molecule has 0 saturated carbocycles. The third kappa shape index (κ3) is 4.90. The van der Waals surface area contributed by atoms with Crippen LogP contribution in [0.2, 0.25) is 0 Å². The molecule has 2 heterocycles. The van der Waals surface area contributed by atoms with E-state index in [4.69, 9.17) is 4.42 Å². The van der Waals surface area contributed by atoms with E-state index in [2.05, 4.69) is 10.6 Å². The van der Waals surface area contributed by atoms with Crippen molar-refractivity contribution in [3.8, 4) is 0 Å². The minimum absolute atomic E-state index is 0.0441. The van der Waals surface area contributed by atoms with Crippen LogP contribution in [0.4, 0.5) is 11.4 Å². The van der Waals surface area contributed by atoms with E-state index in [-0.39, 0.29) is 11.6 Å². The Balaban J connectivity index is 1.50. The predicted octanol–water partition coefficient (Wildman–Crippen LogP) is 3.82. The van der Waals surface area contributed by atoms with Crippen LogP contribution in [-0.4, -0.2) is 24.3 Å². The molecule has 3 aromatic rings. The van der Waals surface area contributed by atoms with Gasteiger partial charge in [-0.25, -0.2) is 0 Å². The number of anilines is 2. The van der Waals surface area contributed by atoms with Crippen LogP contribution >= 0.6 is 0 Å². The summed E-state index contributed by atoms with van der Waals surface area (Å²) in [6, 6.07) is 19.0. The molecule has 2 N–H and O–H groups in total. The van der Waals surface area contributed by atoms with Crippen LogP contribution in [0.3, 0.4) is 0 Å². The minimum Gasteiger partial charge on any atom is -0.465 e. The van der Waals surface area contributed by atoms with Gasteiger partial charge in [0.05, 0.1) is 6.26 Å². The van der Waals surface area contributed by atoms with E-state index in [0.717, 1.165) is 12.1 Å². The summed E-state index contributed by atoms with van der Waals surface area (Å²) in [7, 11) is 0. The lowest BCUT2D eigenvalue weighted by Crippen LogP contribution is -2.30. The first-order chi connectivity index (χ1) is 15.1. The van der Waals surface area contributed by atoms with Crippen molar-refractivity contribution in [3.05, 3.63) is 90.0 Å². The van der Waals surface area contributed by atoms with Crippen molar-refractivity contribution >= 4 is 35.2 Å². The molecule has 1 aliphatic rings. The molecule has 1 aliphatic heterocycles. The van der Waals surface area contributed by atoms with Gasteiger partial charge in [0.15, 0.2) is 0 Å². The molecule has 3 amide bonds. The van der Waals surface area contributed by atoms with Gasteiger partial charge < -0.3 is 20.0 Å². The van der Waals surface area contributed by atoms with Crippen molar-refractivity contribution in [2.24, 2.45) is 0 Å². The van der Waals surface area contributed by atoms with Gasteiger partial charge in [-0.2, -0.15) is 0 Å². The maximum Gasteiger partial charge on any atom is 0.272 e. The molecule has 1 aromatic heterocycles. The van der Waals surface area contributed by atoms with Gasteiger partial charge in [-0.1, -0.05) is 18.2 Å². The standard InChI is InChI=1S/C24H21N3O4/c28-22-9-4-14-27(22)19-12-10-18(11-13-19)25-24(30)21(16-20-8-5-15-31-20)26-23(29)17-6-2-1-3-7-17/h1-3,5-8,10-13,15-16H,4,9,14H2,(H,25,30)(H,26,29). The average molecular weight is 415 g/mol. The van der Waals surface area contributed by atoms with E-state index < -0.39 is 11.8 Å². The van der Waals surface area contributed by atoms with Crippen LogP contribution in [0, 0.1) is 0 Å². The van der Waals surface area contributed by atoms with E-state index in [9.17, 15) is 14.4 Å². The van der Waals surface area contributed by atoms with Gasteiger partial charge in [-0.05, 0) is 55.0 Å². The number of nitrogens with one attached hydrogen (secondary N) is 2. The molecule has 1 fully saturated rings. The molecular weight excluding hydrogens is 394 g/mol. The molecule has 7 heteroatoms. The van der Waals surface area contributed by atoms with E-state index in [1.807, 2.05) is 6.07 Å². The third-order valence-corrected chi connectivity index (χ3v) is 4.87. The van der Waals surface area contributed by atoms with Crippen molar-refractivity contribution in [2.75, 3.05) is 16.8 Å². The zero-order valence-corrected chi connectivity index (χ0v) is 16.7. The highest BCUT2D eigenvalue weighted by atomic mass is 16.3. The summed E-state index contributed by atoms with van der Waals surface area (Å²) in [5.41, 5.74) is 1.81. The van der Waals surface area contributed by atoms with E-state index >= 15 is 0 Å². The highest BCUT2D eigenvalue weighted by Gasteiger charge is 2.21. The SMILES string of the molecule is O=C(Nc1ccc(N2CCCC2=O)cc1)C(=Cc1ccco1)NC(=O)c1ccccc1. The second-order valence-electron chi connectivity index (χ2n) is 7.04. The summed E-state index contributed by atoms with van der Waals surface area (Å²) >= 11 is 0. The highest BCUT2D eigenvalue weighted by Crippen LogP contribution is 2.23. The maximum absolute atomic E-state index is 12.9. The Morgan fingerprint density at radius 3 is 2.39 bits per heavy atom. The van der Waals surface area contributed by atoms with Crippen molar-refractivity contribution in [2.45, 2.75) is 12.8 Å². The molecule has 156 valence electrons. The third-order valence-electron chi connectivity index (χ3n) is 4.87. The van der Waals surface area contributed by atoms with Crippen LogP contribution in [0.25, 0.3) is 6.08 Å². The normalized spacial score (nSPS) is 13.9. The number of carbonyl (C=O) groups is 3.